The zero-order valence-electron chi connectivity index (χ0n) is 10.7. The highest BCUT2D eigenvalue weighted by atomic mass is 79.9. The fraction of sp³-hybridized carbons (Fsp3) is 0.231. The van der Waals surface area contributed by atoms with Gasteiger partial charge in [-0.25, -0.2) is 9.97 Å². The third-order valence-electron chi connectivity index (χ3n) is 2.54. The molecule has 1 heterocycles. The van der Waals surface area contributed by atoms with Crippen LogP contribution in [0.15, 0.2) is 28.9 Å². The van der Waals surface area contributed by atoms with Gasteiger partial charge in [0.2, 0.25) is 0 Å². The summed E-state index contributed by atoms with van der Waals surface area (Å²) < 4.78 is 11.3. The van der Waals surface area contributed by atoms with Crippen LogP contribution in [0, 0.1) is 6.92 Å². The summed E-state index contributed by atoms with van der Waals surface area (Å²) in [5.41, 5.74) is 7.49. The van der Waals surface area contributed by atoms with Crippen LogP contribution in [0.25, 0.3) is 0 Å². The van der Waals surface area contributed by atoms with E-state index in [2.05, 4.69) is 25.9 Å². The number of nitrogens with zero attached hydrogens (tertiary/aromatic N) is 2. The van der Waals surface area contributed by atoms with Crippen LogP contribution < -0.4 is 15.2 Å². The largest absolute Gasteiger partial charge is 0.497 e. The van der Waals surface area contributed by atoms with Crippen LogP contribution in [0.2, 0.25) is 0 Å². The molecule has 0 aliphatic rings. The van der Waals surface area contributed by atoms with Gasteiger partial charge in [0.1, 0.15) is 17.0 Å². The average Bonchev–Trinajstić information content (AvgIpc) is 2.42. The van der Waals surface area contributed by atoms with Crippen LogP contribution in [0.4, 0.5) is 5.82 Å². The van der Waals surface area contributed by atoms with Gasteiger partial charge in [0.05, 0.1) is 12.8 Å². The van der Waals surface area contributed by atoms with Crippen molar-refractivity contribution in [1.29, 1.82) is 0 Å². The monoisotopic (exact) mass is 323 g/mol. The number of nitrogen functional groups attached to an aromatic ring is 1. The van der Waals surface area contributed by atoms with E-state index in [1.807, 2.05) is 31.2 Å². The van der Waals surface area contributed by atoms with E-state index in [0.29, 0.717) is 17.1 Å². The molecule has 0 saturated heterocycles. The summed E-state index contributed by atoms with van der Waals surface area (Å²) in [6.45, 7) is 2.21. The van der Waals surface area contributed by atoms with E-state index in [4.69, 9.17) is 15.2 Å². The van der Waals surface area contributed by atoms with Gasteiger partial charge in [0.15, 0.2) is 5.82 Å². The Morgan fingerprint density at radius 3 is 2.53 bits per heavy atom. The fourth-order valence-corrected chi connectivity index (χ4v) is 1.75. The van der Waals surface area contributed by atoms with Gasteiger partial charge in [0, 0.05) is 0 Å². The summed E-state index contributed by atoms with van der Waals surface area (Å²) >= 11 is 3.27. The molecule has 0 aliphatic carbocycles. The molecule has 5 nitrogen and oxygen atoms in total. The first-order chi connectivity index (χ1) is 9.10. The first kappa shape index (κ1) is 13.6. The van der Waals surface area contributed by atoms with Crippen molar-refractivity contribution >= 4 is 21.7 Å². The second-order valence-corrected chi connectivity index (χ2v) is 4.68. The Labute approximate surface area is 119 Å². The van der Waals surface area contributed by atoms with Crippen LogP contribution in [-0.2, 0) is 6.61 Å². The number of benzene rings is 1. The van der Waals surface area contributed by atoms with E-state index >= 15 is 0 Å². The van der Waals surface area contributed by atoms with Crippen molar-refractivity contribution in [3.05, 3.63) is 40.1 Å². The van der Waals surface area contributed by atoms with Crippen LogP contribution >= 0.6 is 15.9 Å². The normalized spacial score (nSPS) is 10.3. The standard InChI is InChI=1S/C13H14BrN3O2/c1-8-11(14)17-12(15)13(16-8)19-7-9-3-5-10(18-2)6-4-9/h3-6H,7H2,1-2H3,(H2,15,17). The summed E-state index contributed by atoms with van der Waals surface area (Å²) in [6.07, 6.45) is 0. The van der Waals surface area contributed by atoms with Crippen molar-refractivity contribution in [2.24, 2.45) is 0 Å². The van der Waals surface area contributed by atoms with Gasteiger partial charge in [0.25, 0.3) is 5.88 Å². The van der Waals surface area contributed by atoms with E-state index in [1.54, 1.807) is 7.11 Å². The lowest BCUT2D eigenvalue weighted by atomic mass is 10.2. The molecule has 0 saturated carbocycles. The molecule has 1 aromatic carbocycles. The highest BCUT2D eigenvalue weighted by Crippen LogP contribution is 2.22. The lowest BCUT2D eigenvalue weighted by molar-refractivity contribution is 0.293. The number of nitrogens with two attached hydrogens (primary N) is 1. The van der Waals surface area contributed by atoms with E-state index in [1.165, 1.54) is 0 Å². The quantitative estimate of drug-likeness (QED) is 0.936. The minimum absolute atomic E-state index is 0.269. The molecule has 0 amide bonds. The van der Waals surface area contributed by atoms with Gasteiger partial charge in [-0.1, -0.05) is 12.1 Å². The number of aromatic nitrogens is 2. The highest BCUT2D eigenvalue weighted by Gasteiger charge is 2.08. The maximum Gasteiger partial charge on any atom is 0.257 e. The van der Waals surface area contributed by atoms with Crippen molar-refractivity contribution in [1.82, 2.24) is 9.97 Å². The summed E-state index contributed by atoms with van der Waals surface area (Å²) in [5, 5.41) is 0. The van der Waals surface area contributed by atoms with Gasteiger partial charge >= 0.3 is 0 Å². The first-order valence-electron chi connectivity index (χ1n) is 5.65. The minimum Gasteiger partial charge on any atom is -0.497 e. The van der Waals surface area contributed by atoms with Gasteiger partial charge in [-0.15, -0.1) is 0 Å². The van der Waals surface area contributed by atoms with E-state index in [9.17, 15) is 0 Å². The molecule has 0 unspecified atom stereocenters. The van der Waals surface area contributed by atoms with E-state index in [0.717, 1.165) is 17.0 Å². The number of methoxy groups -OCH3 is 1. The Kier molecular flexibility index (Phi) is 4.21. The maximum absolute atomic E-state index is 5.75. The van der Waals surface area contributed by atoms with Crippen molar-refractivity contribution in [3.63, 3.8) is 0 Å². The summed E-state index contributed by atoms with van der Waals surface area (Å²) in [7, 11) is 1.63. The average molecular weight is 324 g/mol. The third-order valence-corrected chi connectivity index (χ3v) is 3.29. The minimum atomic E-state index is 0.269. The molecule has 0 atom stereocenters. The SMILES string of the molecule is COc1ccc(COc2nc(C)c(Br)nc2N)cc1. The number of ether oxygens (including phenoxy) is 2. The number of rotatable bonds is 4. The molecule has 100 valence electrons. The Hall–Kier alpha value is -1.82. The van der Waals surface area contributed by atoms with E-state index < -0.39 is 0 Å². The molecular formula is C13H14BrN3O2. The molecule has 1 aromatic heterocycles. The predicted molar refractivity (Wildman–Crippen MR) is 76.2 cm³/mol. The second-order valence-electron chi connectivity index (χ2n) is 3.93. The molecular weight excluding hydrogens is 310 g/mol. The summed E-state index contributed by atoms with van der Waals surface area (Å²) in [5.74, 6) is 1.42. The molecule has 0 bridgehead atoms. The van der Waals surface area contributed by atoms with Crippen molar-refractivity contribution in [2.75, 3.05) is 12.8 Å². The smallest absolute Gasteiger partial charge is 0.257 e. The second kappa shape index (κ2) is 5.88. The maximum atomic E-state index is 5.75. The predicted octanol–water partition coefficient (Wildman–Crippen LogP) is 2.72. The molecule has 2 aromatic rings. The molecule has 0 radical (unpaired) electrons. The number of halogens is 1. The van der Waals surface area contributed by atoms with Crippen molar-refractivity contribution < 1.29 is 9.47 Å². The van der Waals surface area contributed by atoms with Crippen molar-refractivity contribution in [3.8, 4) is 11.6 Å². The zero-order chi connectivity index (χ0) is 13.8. The molecule has 0 fully saturated rings. The Balaban J connectivity index is 2.07. The van der Waals surface area contributed by atoms with Gasteiger partial charge in [-0.3, -0.25) is 0 Å². The molecule has 0 spiro atoms. The molecule has 2 N–H and O–H groups in total. The summed E-state index contributed by atoms with van der Waals surface area (Å²) in [6, 6.07) is 7.60. The topological polar surface area (TPSA) is 70.3 Å². The Bertz CT molecular complexity index is 573. The molecule has 2 rings (SSSR count). The molecule has 6 heteroatoms. The lowest BCUT2D eigenvalue weighted by Gasteiger charge is -2.09. The van der Waals surface area contributed by atoms with Crippen molar-refractivity contribution in [2.45, 2.75) is 13.5 Å². The number of anilines is 1. The number of aryl methyl sites for hydroxylation is 1. The molecule has 19 heavy (non-hydrogen) atoms. The zero-order valence-corrected chi connectivity index (χ0v) is 12.3. The Morgan fingerprint density at radius 2 is 1.89 bits per heavy atom. The third kappa shape index (κ3) is 3.35. The first-order valence-corrected chi connectivity index (χ1v) is 6.45. The highest BCUT2D eigenvalue weighted by molar-refractivity contribution is 9.10. The van der Waals surface area contributed by atoms with Crippen LogP contribution in [0.1, 0.15) is 11.3 Å². The van der Waals surface area contributed by atoms with Crippen LogP contribution in [-0.4, -0.2) is 17.1 Å². The lowest BCUT2D eigenvalue weighted by Crippen LogP contribution is -2.04. The molecule has 0 aliphatic heterocycles. The van der Waals surface area contributed by atoms with Gasteiger partial charge in [-0.2, -0.15) is 0 Å². The number of hydrogen-bond acceptors (Lipinski definition) is 5. The van der Waals surface area contributed by atoms with E-state index in [-0.39, 0.29) is 5.82 Å². The number of hydrogen-bond donors (Lipinski definition) is 1. The van der Waals surface area contributed by atoms with Gasteiger partial charge in [-0.05, 0) is 40.5 Å². The van der Waals surface area contributed by atoms with Crippen LogP contribution in [0.5, 0.6) is 11.6 Å². The Morgan fingerprint density at radius 1 is 1.21 bits per heavy atom. The summed E-state index contributed by atoms with van der Waals surface area (Å²) in [4.78, 5) is 8.34. The fourth-order valence-electron chi connectivity index (χ4n) is 1.47. The van der Waals surface area contributed by atoms with Crippen LogP contribution in [0.3, 0.4) is 0 Å². The van der Waals surface area contributed by atoms with Gasteiger partial charge < -0.3 is 15.2 Å².